The summed E-state index contributed by atoms with van der Waals surface area (Å²) in [6.07, 6.45) is 1.56. The number of ether oxygens (including phenoxy) is 1. The lowest BCUT2D eigenvalue weighted by Crippen LogP contribution is -2.04. The molecule has 0 unspecified atom stereocenters. The summed E-state index contributed by atoms with van der Waals surface area (Å²) in [5.41, 5.74) is 2.02. The van der Waals surface area contributed by atoms with Gasteiger partial charge in [-0.2, -0.15) is 0 Å². The maximum absolute atomic E-state index is 11.5. The molecule has 0 amide bonds. The molecule has 0 saturated heterocycles. The SMILES string of the molecule is COC(=O)c1c(I)ccc2[nH]cnc12. The van der Waals surface area contributed by atoms with E-state index < -0.39 is 0 Å². The first-order valence-corrected chi connectivity index (χ1v) is 5.02. The van der Waals surface area contributed by atoms with Crippen molar-refractivity contribution in [3.8, 4) is 0 Å². The molecule has 2 rings (SSSR count). The van der Waals surface area contributed by atoms with Crippen LogP contribution in [0.3, 0.4) is 0 Å². The van der Waals surface area contributed by atoms with Gasteiger partial charge in [-0.25, -0.2) is 9.78 Å². The van der Waals surface area contributed by atoms with Crippen LogP contribution in [0.4, 0.5) is 0 Å². The number of halogens is 1. The zero-order chi connectivity index (χ0) is 10.1. The van der Waals surface area contributed by atoms with E-state index in [9.17, 15) is 4.79 Å². The van der Waals surface area contributed by atoms with E-state index in [4.69, 9.17) is 4.74 Å². The molecule has 5 heteroatoms. The highest BCUT2D eigenvalue weighted by molar-refractivity contribution is 14.1. The first kappa shape index (κ1) is 9.45. The molecule has 0 aliphatic carbocycles. The summed E-state index contributed by atoms with van der Waals surface area (Å²) >= 11 is 2.09. The second-order valence-electron chi connectivity index (χ2n) is 2.71. The molecule has 1 aromatic heterocycles. The highest BCUT2D eigenvalue weighted by Crippen LogP contribution is 2.21. The molecular weight excluding hydrogens is 295 g/mol. The molecule has 1 heterocycles. The number of carbonyl (C=O) groups is 1. The van der Waals surface area contributed by atoms with Crippen LogP contribution in [0.2, 0.25) is 0 Å². The third-order valence-electron chi connectivity index (χ3n) is 1.93. The normalized spacial score (nSPS) is 10.4. The summed E-state index contributed by atoms with van der Waals surface area (Å²) in [5.74, 6) is -0.355. The predicted molar refractivity (Wildman–Crippen MR) is 60.2 cm³/mol. The molecule has 72 valence electrons. The molecule has 1 aromatic carbocycles. The van der Waals surface area contributed by atoms with Crippen molar-refractivity contribution in [2.24, 2.45) is 0 Å². The highest BCUT2D eigenvalue weighted by atomic mass is 127. The molecule has 0 aliphatic rings. The molecule has 0 aliphatic heterocycles. The highest BCUT2D eigenvalue weighted by Gasteiger charge is 2.15. The Hall–Kier alpha value is -1.11. The molecule has 0 saturated carbocycles. The lowest BCUT2D eigenvalue weighted by Gasteiger charge is -2.02. The first-order valence-electron chi connectivity index (χ1n) is 3.94. The third-order valence-corrected chi connectivity index (χ3v) is 2.83. The smallest absolute Gasteiger partial charge is 0.341 e. The number of esters is 1. The van der Waals surface area contributed by atoms with Crippen molar-refractivity contribution in [3.63, 3.8) is 0 Å². The number of aromatic amines is 1. The predicted octanol–water partition coefficient (Wildman–Crippen LogP) is 1.95. The molecule has 4 nitrogen and oxygen atoms in total. The molecule has 14 heavy (non-hydrogen) atoms. The van der Waals surface area contributed by atoms with E-state index in [0.717, 1.165) is 9.09 Å². The maximum Gasteiger partial charge on any atom is 0.341 e. The van der Waals surface area contributed by atoms with Crippen molar-refractivity contribution in [2.75, 3.05) is 7.11 Å². The largest absolute Gasteiger partial charge is 0.465 e. The molecule has 0 atom stereocenters. The number of carbonyl (C=O) groups excluding carboxylic acids is 1. The number of H-pyrrole nitrogens is 1. The minimum absolute atomic E-state index is 0.355. The topological polar surface area (TPSA) is 55.0 Å². The monoisotopic (exact) mass is 302 g/mol. The number of benzene rings is 1. The van der Waals surface area contributed by atoms with Gasteiger partial charge in [0.15, 0.2) is 0 Å². The Morgan fingerprint density at radius 2 is 2.36 bits per heavy atom. The number of fused-ring (bicyclic) bond motifs is 1. The number of hydrogen-bond acceptors (Lipinski definition) is 3. The second-order valence-corrected chi connectivity index (χ2v) is 3.87. The molecule has 0 fully saturated rings. The first-order chi connectivity index (χ1) is 6.74. The van der Waals surface area contributed by atoms with Crippen molar-refractivity contribution >= 4 is 39.6 Å². The van der Waals surface area contributed by atoms with Crippen LogP contribution in [0.25, 0.3) is 11.0 Å². The lowest BCUT2D eigenvalue weighted by molar-refractivity contribution is 0.0601. The van der Waals surface area contributed by atoms with Crippen LogP contribution in [0.15, 0.2) is 18.5 Å². The summed E-state index contributed by atoms with van der Waals surface area (Å²) in [4.78, 5) is 18.5. The minimum atomic E-state index is -0.355. The van der Waals surface area contributed by atoms with Gasteiger partial charge in [0.1, 0.15) is 11.1 Å². The summed E-state index contributed by atoms with van der Waals surface area (Å²) in [6, 6.07) is 3.74. The van der Waals surface area contributed by atoms with Gasteiger partial charge < -0.3 is 9.72 Å². The van der Waals surface area contributed by atoms with E-state index in [2.05, 4.69) is 32.6 Å². The summed E-state index contributed by atoms with van der Waals surface area (Å²) in [7, 11) is 1.36. The molecule has 1 N–H and O–H groups in total. The van der Waals surface area contributed by atoms with Gasteiger partial charge in [0.05, 0.1) is 19.0 Å². The average Bonchev–Trinajstić information content (AvgIpc) is 2.64. The van der Waals surface area contributed by atoms with E-state index in [0.29, 0.717) is 11.1 Å². The number of hydrogen-bond donors (Lipinski definition) is 1. The van der Waals surface area contributed by atoms with Gasteiger partial charge in [-0.05, 0) is 34.7 Å². The van der Waals surface area contributed by atoms with Gasteiger partial charge in [-0.1, -0.05) is 0 Å². The maximum atomic E-state index is 11.5. The Morgan fingerprint density at radius 3 is 3.07 bits per heavy atom. The molecular formula is C9H7IN2O2. The van der Waals surface area contributed by atoms with Crippen LogP contribution in [0, 0.1) is 3.57 Å². The number of methoxy groups -OCH3 is 1. The Bertz CT molecular complexity index is 493. The summed E-state index contributed by atoms with van der Waals surface area (Å²) in [5, 5.41) is 0. The van der Waals surface area contributed by atoms with Crippen LogP contribution in [-0.4, -0.2) is 23.0 Å². The summed E-state index contributed by atoms with van der Waals surface area (Å²) in [6.45, 7) is 0. The van der Waals surface area contributed by atoms with Gasteiger partial charge in [0.2, 0.25) is 0 Å². The van der Waals surface area contributed by atoms with Crippen molar-refractivity contribution < 1.29 is 9.53 Å². The Kier molecular flexibility index (Phi) is 2.40. The van der Waals surface area contributed by atoms with E-state index in [1.165, 1.54) is 7.11 Å². The zero-order valence-corrected chi connectivity index (χ0v) is 9.53. The number of rotatable bonds is 1. The van der Waals surface area contributed by atoms with Gasteiger partial charge in [0.25, 0.3) is 0 Å². The molecule has 0 bridgehead atoms. The van der Waals surface area contributed by atoms with E-state index in [-0.39, 0.29) is 5.97 Å². The lowest BCUT2D eigenvalue weighted by atomic mass is 10.2. The Morgan fingerprint density at radius 1 is 1.57 bits per heavy atom. The quantitative estimate of drug-likeness (QED) is 0.647. The van der Waals surface area contributed by atoms with Gasteiger partial charge in [-0.15, -0.1) is 0 Å². The van der Waals surface area contributed by atoms with Gasteiger partial charge >= 0.3 is 5.97 Å². The van der Waals surface area contributed by atoms with E-state index in [1.54, 1.807) is 6.33 Å². The summed E-state index contributed by atoms with van der Waals surface area (Å²) < 4.78 is 5.54. The Labute approximate surface area is 93.8 Å². The molecule has 2 aromatic rings. The minimum Gasteiger partial charge on any atom is -0.465 e. The third kappa shape index (κ3) is 1.37. The van der Waals surface area contributed by atoms with Crippen LogP contribution in [-0.2, 0) is 4.74 Å². The van der Waals surface area contributed by atoms with Crippen molar-refractivity contribution in [2.45, 2.75) is 0 Å². The van der Waals surface area contributed by atoms with Crippen LogP contribution in [0.1, 0.15) is 10.4 Å². The van der Waals surface area contributed by atoms with Gasteiger partial charge in [0, 0.05) is 3.57 Å². The van der Waals surface area contributed by atoms with E-state index in [1.807, 2.05) is 12.1 Å². The van der Waals surface area contributed by atoms with Crippen molar-refractivity contribution in [1.29, 1.82) is 0 Å². The van der Waals surface area contributed by atoms with E-state index >= 15 is 0 Å². The number of aromatic nitrogens is 2. The standard InChI is InChI=1S/C9H7IN2O2/c1-14-9(13)7-5(10)2-3-6-8(7)12-4-11-6/h2-4H,1H3,(H,11,12). The number of imidazole rings is 1. The van der Waals surface area contributed by atoms with Crippen LogP contribution >= 0.6 is 22.6 Å². The number of nitrogens with zero attached hydrogens (tertiary/aromatic N) is 1. The fourth-order valence-corrected chi connectivity index (χ4v) is 1.94. The fraction of sp³-hybridized carbons (Fsp3) is 0.111. The van der Waals surface area contributed by atoms with Crippen LogP contribution < -0.4 is 0 Å². The fourth-order valence-electron chi connectivity index (χ4n) is 1.28. The number of nitrogens with one attached hydrogen (secondary N) is 1. The molecule has 0 spiro atoms. The average molecular weight is 302 g/mol. The molecule has 0 radical (unpaired) electrons. The van der Waals surface area contributed by atoms with Gasteiger partial charge in [-0.3, -0.25) is 0 Å². The van der Waals surface area contributed by atoms with Crippen molar-refractivity contribution in [3.05, 3.63) is 27.6 Å². The second kappa shape index (κ2) is 3.56. The van der Waals surface area contributed by atoms with Crippen molar-refractivity contribution in [1.82, 2.24) is 9.97 Å². The Balaban J connectivity index is 2.76. The van der Waals surface area contributed by atoms with Crippen LogP contribution in [0.5, 0.6) is 0 Å². The zero-order valence-electron chi connectivity index (χ0n) is 7.37.